The summed E-state index contributed by atoms with van der Waals surface area (Å²) >= 11 is 0. The maximum atomic E-state index is 13.0. The molecule has 29 heavy (non-hydrogen) atoms. The van der Waals surface area contributed by atoms with Crippen LogP contribution in [0, 0.1) is 23.6 Å². The predicted molar refractivity (Wildman–Crippen MR) is 102 cm³/mol. The molecule has 1 saturated heterocycles. The summed E-state index contributed by atoms with van der Waals surface area (Å²) in [6.07, 6.45) is 4.99. The fourth-order valence-corrected chi connectivity index (χ4v) is 3.84. The number of hydrogen-bond acceptors (Lipinski definition) is 5. The van der Waals surface area contributed by atoms with E-state index in [1.54, 1.807) is 0 Å². The van der Waals surface area contributed by atoms with Crippen molar-refractivity contribution in [3.05, 3.63) is 47.8 Å². The number of halogens is 1. The molecule has 6 nitrogen and oxygen atoms in total. The number of amides is 2. The van der Waals surface area contributed by atoms with Crippen molar-refractivity contribution < 1.29 is 28.3 Å². The van der Waals surface area contributed by atoms with E-state index in [4.69, 9.17) is 4.74 Å². The van der Waals surface area contributed by atoms with E-state index in [1.165, 1.54) is 12.1 Å². The highest BCUT2D eigenvalue weighted by Crippen LogP contribution is 2.37. The monoisotopic (exact) mass is 401 g/mol. The number of imide groups is 1. The maximum Gasteiger partial charge on any atom is 0.329 e. The SMILES string of the molecule is CC(C)CC(C(=O)OCC(=O)c1ccc(F)cc1)N1C(=O)C2CC=CCC2C1=O. The molecule has 7 heteroatoms. The van der Waals surface area contributed by atoms with Crippen molar-refractivity contribution in [1.82, 2.24) is 4.90 Å². The number of esters is 1. The minimum atomic E-state index is -1.05. The molecule has 1 fully saturated rings. The molecule has 0 saturated carbocycles. The Morgan fingerprint density at radius 2 is 1.62 bits per heavy atom. The number of ketones is 1. The van der Waals surface area contributed by atoms with Gasteiger partial charge in [-0.3, -0.25) is 19.3 Å². The lowest BCUT2D eigenvalue weighted by molar-refractivity contribution is -0.158. The first-order valence-electron chi connectivity index (χ1n) is 9.77. The van der Waals surface area contributed by atoms with Crippen LogP contribution in [0.5, 0.6) is 0 Å². The molecular weight excluding hydrogens is 377 g/mol. The summed E-state index contributed by atoms with van der Waals surface area (Å²) < 4.78 is 18.2. The van der Waals surface area contributed by atoms with Gasteiger partial charge in [-0.05, 0) is 49.4 Å². The molecule has 1 aliphatic carbocycles. The third kappa shape index (κ3) is 4.44. The average Bonchev–Trinajstić information content (AvgIpc) is 2.95. The lowest BCUT2D eigenvalue weighted by Gasteiger charge is -2.26. The summed E-state index contributed by atoms with van der Waals surface area (Å²) in [4.78, 5) is 51.7. The van der Waals surface area contributed by atoms with Crippen molar-refractivity contribution in [2.24, 2.45) is 17.8 Å². The number of Topliss-reactive ketones (excluding diaryl/α,β-unsaturated/α-hetero) is 1. The molecule has 3 atom stereocenters. The van der Waals surface area contributed by atoms with Crippen molar-refractivity contribution in [3.63, 3.8) is 0 Å². The van der Waals surface area contributed by atoms with E-state index < -0.39 is 42.1 Å². The Hall–Kier alpha value is -2.83. The average molecular weight is 401 g/mol. The number of hydrogen-bond donors (Lipinski definition) is 0. The normalized spacial score (nSPS) is 22.0. The van der Waals surface area contributed by atoms with Crippen LogP contribution in [0.3, 0.4) is 0 Å². The highest BCUT2D eigenvalue weighted by molar-refractivity contribution is 6.08. The van der Waals surface area contributed by atoms with Crippen LogP contribution in [0.4, 0.5) is 4.39 Å². The molecule has 0 bridgehead atoms. The van der Waals surface area contributed by atoms with Gasteiger partial charge in [0, 0.05) is 5.56 Å². The number of allylic oxidation sites excluding steroid dienone is 2. The summed E-state index contributed by atoms with van der Waals surface area (Å²) in [5.74, 6) is -3.28. The Morgan fingerprint density at radius 3 is 2.14 bits per heavy atom. The molecule has 0 aromatic heterocycles. The van der Waals surface area contributed by atoms with Gasteiger partial charge in [-0.2, -0.15) is 0 Å². The van der Waals surface area contributed by atoms with Crippen LogP contribution in [0.1, 0.15) is 43.5 Å². The first-order valence-corrected chi connectivity index (χ1v) is 9.77. The van der Waals surface area contributed by atoms with Gasteiger partial charge >= 0.3 is 5.97 Å². The number of fused-ring (bicyclic) bond motifs is 1. The van der Waals surface area contributed by atoms with Crippen molar-refractivity contribution in [1.29, 1.82) is 0 Å². The topological polar surface area (TPSA) is 80.8 Å². The van der Waals surface area contributed by atoms with Gasteiger partial charge in [-0.25, -0.2) is 9.18 Å². The third-order valence-electron chi connectivity index (χ3n) is 5.33. The van der Waals surface area contributed by atoms with Gasteiger partial charge in [0.1, 0.15) is 11.9 Å². The van der Waals surface area contributed by atoms with Gasteiger partial charge in [0.05, 0.1) is 11.8 Å². The molecule has 1 heterocycles. The van der Waals surface area contributed by atoms with E-state index in [9.17, 15) is 23.6 Å². The Bertz CT molecular complexity index is 819. The highest BCUT2D eigenvalue weighted by atomic mass is 19.1. The Morgan fingerprint density at radius 1 is 1.07 bits per heavy atom. The van der Waals surface area contributed by atoms with Gasteiger partial charge in [-0.15, -0.1) is 0 Å². The second kappa shape index (κ2) is 8.68. The van der Waals surface area contributed by atoms with E-state index in [1.807, 2.05) is 26.0 Å². The predicted octanol–water partition coefficient (Wildman–Crippen LogP) is 2.92. The van der Waals surface area contributed by atoms with Gasteiger partial charge in [0.25, 0.3) is 0 Å². The van der Waals surface area contributed by atoms with Crippen molar-refractivity contribution in [2.75, 3.05) is 6.61 Å². The van der Waals surface area contributed by atoms with E-state index in [2.05, 4.69) is 0 Å². The molecule has 0 N–H and O–H groups in total. The molecule has 3 unspecified atom stereocenters. The first-order chi connectivity index (χ1) is 13.8. The van der Waals surface area contributed by atoms with Crippen molar-refractivity contribution in [3.8, 4) is 0 Å². The smallest absolute Gasteiger partial charge is 0.329 e. The number of ether oxygens (including phenoxy) is 1. The number of benzene rings is 1. The standard InChI is InChI=1S/C22H24FNO5/c1-13(2)11-18(24-20(26)16-5-3-4-6-17(16)21(24)27)22(28)29-12-19(25)14-7-9-15(23)10-8-14/h3-4,7-10,13,16-18H,5-6,11-12H2,1-2H3. The summed E-state index contributed by atoms with van der Waals surface area (Å²) in [6, 6.07) is 3.86. The molecule has 0 spiro atoms. The number of carbonyl (C=O) groups excluding carboxylic acids is 4. The van der Waals surface area contributed by atoms with Crippen LogP contribution in [-0.4, -0.2) is 41.1 Å². The summed E-state index contributed by atoms with van der Waals surface area (Å²) in [7, 11) is 0. The van der Waals surface area contributed by atoms with Crippen molar-refractivity contribution >= 4 is 23.6 Å². The number of nitrogens with zero attached hydrogens (tertiary/aromatic N) is 1. The molecule has 1 aliphatic heterocycles. The summed E-state index contributed by atoms with van der Waals surface area (Å²) in [5, 5.41) is 0. The van der Waals surface area contributed by atoms with Gasteiger partial charge in [0.2, 0.25) is 11.8 Å². The van der Waals surface area contributed by atoms with Crippen LogP contribution >= 0.6 is 0 Å². The van der Waals surface area contributed by atoms with Crippen LogP contribution in [0.15, 0.2) is 36.4 Å². The molecule has 1 aromatic carbocycles. The van der Waals surface area contributed by atoms with E-state index in [0.29, 0.717) is 12.8 Å². The number of carbonyl (C=O) groups is 4. The van der Waals surface area contributed by atoms with E-state index in [0.717, 1.165) is 17.0 Å². The zero-order chi connectivity index (χ0) is 21.1. The van der Waals surface area contributed by atoms with Crippen LogP contribution in [0.2, 0.25) is 0 Å². The second-order valence-corrected chi connectivity index (χ2v) is 7.89. The fourth-order valence-electron chi connectivity index (χ4n) is 3.84. The lowest BCUT2D eigenvalue weighted by Crippen LogP contribution is -2.47. The minimum Gasteiger partial charge on any atom is -0.456 e. The zero-order valence-electron chi connectivity index (χ0n) is 16.5. The van der Waals surface area contributed by atoms with Gasteiger partial charge < -0.3 is 4.74 Å². The number of rotatable bonds is 7. The number of likely N-dealkylation sites (tertiary alicyclic amines) is 1. The van der Waals surface area contributed by atoms with E-state index >= 15 is 0 Å². The molecule has 2 aliphatic rings. The van der Waals surface area contributed by atoms with E-state index in [-0.39, 0.29) is 29.7 Å². The molecule has 154 valence electrons. The zero-order valence-corrected chi connectivity index (χ0v) is 16.5. The minimum absolute atomic E-state index is 0.0294. The Labute approximate surface area is 168 Å². The third-order valence-corrected chi connectivity index (χ3v) is 5.33. The van der Waals surface area contributed by atoms with Crippen molar-refractivity contribution in [2.45, 2.75) is 39.2 Å². The largest absolute Gasteiger partial charge is 0.456 e. The molecule has 0 radical (unpaired) electrons. The second-order valence-electron chi connectivity index (χ2n) is 7.89. The fraction of sp³-hybridized carbons (Fsp3) is 0.455. The maximum absolute atomic E-state index is 13.0. The van der Waals surface area contributed by atoms with Crippen LogP contribution in [0.25, 0.3) is 0 Å². The summed E-state index contributed by atoms with van der Waals surface area (Å²) in [6.45, 7) is 3.22. The van der Waals surface area contributed by atoms with Crippen LogP contribution in [-0.2, 0) is 19.1 Å². The highest BCUT2D eigenvalue weighted by Gasteiger charge is 2.51. The van der Waals surface area contributed by atoms with Gasteiger partial charge in [0.15, 0.2) is 12.4 Å². The van der Waals surface area contributed by atoms with Crippen LogP contribution < -0.4 is 0 Å². The molecular formula is C22H24FNO5. The first kappa shape index (κ1) is 20.9. The lowest BCUT2D eigenvalue weighted by atomic mass is 9.85. The Kier molecular flexibility index (Phi) is 6.25. The molecule has 2 amide bonds. The molecule has 1 aromatic rings. The summed E-state index contributed by atoms with van der Waals surface area (Å²) in [5.41, 5.74) is 0.213. The van der Waals surface area contributed by atoms with Gasteiger partial charge in [-0.1, -0.05) is 26.0 Å². The Balaban J connectivity index is 1.72. The molecule has 3 rings (SSSR count). The quantitative estimate of drug-likeness (QED) is 0.304.